The second-order valence-electron chi connectivity index (χ2n) is 9.94. The van der Waals surface area contributed by atoms with Crippen LogP contribution in [0.1, 0.15) is 36.0 Å². The number of carbonyl (C=O) groups is 3. The number of pyridine rings is 1. The summed E-state index contributed by atoms with van der Waals surface area (Å²) in [6, 6.07) is 11.9. The first-order chi connectivity index (χ1) is 18.1. The zero-order chi connectivity index (χ0) is 26.9. The fraction of sp³-hybridized carbons (Fsp3) is 0.357. The Balaban J connectivity index is 1.23. The van der Waals surface area contributed by atoms with Gasteiger partial charge < -0.3 is 15.1 Å². The van der Waals surface area contributed by atoms with Crippen LogP contribution in [0.25, 0.3) is 11.6 Å². The molecular formula is C28H27F3N4O3. The highest BCUT2D eigenvalue weighted by Crippen LogP contribution is 2.41. The smallest absolute Gasteiger partial charge is 0.335 e. The number of amides is 3. The topological polar surface area (TPSA) is 82.6 Å². The number of rotatable bonds is 3. The lowest BCUT2D eigenvalue weighted by Gasteiger charge is -2.43. The highest BCUT2D eigenvalue weighted by atomic mass is 19.4. The SMILES string of the molecule is O=C(C=Cc1cnc2c(c1)CC1(CCN(C(=O)C(F)(F)F)CC1)C(=O)N2)N1CC=C(c2ccccc2)CC1. The first-order valence-corrected chi connectivity index (χ1v) is 12.5. The van der Waals surface area contributed by atoms with E-state index in [1.54, 1.807) is 17.2 Å². The maximum atomic E-state index is 12.9. The van der Waals surface area contributed by atoms with Gasteiger partial charge in [0.15, 0.2) is 0 Å². The highest BCUT2D eigenvalue weighted by molar-refractivity contribution is 5.98. The van der Waals surface area contributed by atoms with Crippen molar-refractivity contribution >= 4 is 35.2 Å². The summed E-state index contributed by atoms with van der Waals surface area (Å²) in [7, 11) is 0. The Morgan fingerprint density at radius 2 is 1.79 bits per heavy atom. The van der Waals surface area contributed by atoms with Crippen molar-refractivity contribution in [1.29, 1.82) is 0 Å². The van der Waals surface area contributed by atoms with Crippen LogP contribution in [0, 0.1) is 5.41 Å². The van der Waals surface area contributed by atoms with Crippen LogP contribution in [0.5, 0.6) is 0 Å². The van der Waals surface area contributed by atoms with Crippen LogP contribution < -0.4 is 5.32 Å². The van der Waals surface area contributed by atoms with Crippen molar-refractivity contribution in [2.45, 2.75) is 31.9 Å². The molecule has 1 N–H and O–H groups in total. The van der Waals surface area contributed by atoms with Gasteiger partial charge >= 0.3 is 12.1 Å². The van der Waals surface area contributed by atoms with Crippen molar-refractivity contribution in [1.82, 2.24) is 14.8 Å². The Labute approximate surface area is 218 Å². The second-order valence-corrected chi connectivity index (χ2v) is 9.94. The monoisotopic (exact) mass is 524 g/mol. The molecule has 4 heterocycles. The highest BCUT2D eigenvalue weighted by Gasteiger charge is 2.49. The van der Waals surface area contributed by atoms with Crippen molar-refractivity contribution in [2.24, 2.45) is 5.41 Å². The van der Waals surface area contributed by atoms with Crippen molar-refractivity contribution in [2.75, 3.05) is 31.5 Å². The van der Waals surface area contributed by atoms with Crippen LogP contribution in [0.2, 0.25) is 0 Å². The van der Waals surface area contributed by atoms with Gasteiger partial charge in [0.1, 0.15) is 5.82 Å². The lowest BCUT2D eigenvalue weighted by Crippen LogP contribution is -2.53. The summed E-state index contributed by atoms with van der Waals surface area (Å²) < 4.78 is 38.4. The third kappa shape index (κ3) is 5.20. The van der Waals surface area contributed by atoms with Gasteiger partial charge in [0.05, 0.1) is 5.41 Å². The Morgan fingerprint density at radius 1 is 1.05 bits per heavy atom. The van der Waals surface area contributed by atoms with Crippen molar-refractivity contribution < 1.29 is 27.6 Å². The molecule has 3 amide bonds. The average Bonchev–Trinajstić information content (AvgIpc) is 2.92. The van der Waals surface area contributed by atoms with E-state index in [1.807, 2.05) is 24.3 Å². The molecule has 1 spiro atoms. The van der Waals surface area contributed by atoms with Gasteiger partial charge in [0.25, 0.3) is 0 Å². The molecular weight excluding hydrogens is 497 g/mol. The number of alkyl halides is 3. The van der Waals surface area contributed by atoms with Gasteiger partial charge in [-0.2, -0.15) is 13.2 Å². The molecule has 1 aromatic carbocycles. The van der Waals surface area contributed by atoms with Crippen LogP contribution in [0.3, 0.4) is 0 Å². The minimum Gasteiger partial charge on any atom is -0.335 e. The number of piperidine rings is 1. The van der Waals surface area contributed by atoms with Gasteiger partial charge in [0.2, 0.25) is 11.8 Å². The molecule has 38 heavy (non-hydrogen) atoms. The molecule has 1 fully saturated rings. The fourth-order valence-electron chi connectivity index (χ4n) is 5.33. The minimum absolute atomic E-state index is 0.113. The standard InChI is InChI=1S/C28H27F3N4O3/c29-28(30,31)26(38)35-14-10-27(11-15-35)17-22-16-19(18-32-24(22)33-25(27)37)6-7-23(36)34-12-8-21(9-13-34)20-4-2-1-3-5-20/h1-8,16,18H,9-15,17H2,(H,32,33,37). The summed E-state index contributed by atoms with van der Waals surface area (Å²) in [6.45, 7) is 0.866. The zero-order valence-corrected chi connectivity index (χ0v) is 20.6. The maximum Gasteiger partial charge on any atom is 0.471 e. The van der Waals surface area contributed by atoms with Gasteiger partial charge in [-0.25, -0.2) is 4.98 Å². The number of benzene rings is 1. The van der Waals surface area contributed by atoms with Crippen molar-refractivity contribution in [3.8, 4) is 0 Å². The maximum absolute atomic E-state index is 12.9. The van der Waals surface area contributed by atoms with E-state index in [-0.39, 0.29) is 37.7 Å². The summed E-state index contributed by atoms with van der Waals surface area (Å²) >= 11 is 0. The normalized spacial score (nSPS) is 19.2. The lowest BCUT2D eigenvalue weighted by molar-refractivity contribution is -0.187. The quantitative estimate of drug-likeness (QED) is 0.614. The summed E-state index contributed by atoms with van der Waals surface area (Å²) in [5, 5.41) is 2.77. The Kier molecular flexibility index (Phi) is 6.81. The number of nitrogens with one attached hydrogen (secondary N) is 1. The lowest BCUT2D eigenvalue weighted by atomic mass is 9.71. The van der Waals surface area contributed by atoms with Crippen LogP contribution in [-0.4, -0.2) is 64.9 Å². The van der Waals surface area contributed by atoms with E-state index in [9.17, 15) is 27.6 Å². The van der Waals surface area contributed by atoms with Crippen molar-refractivity contribution in [3.63, 3.8) is 0 Å². The Morgan fingerprint density at radius 3 is 2.45 bits per heavy atom. The third-order valence-electron chi connectivity index (χ3n) is 7.56. The predicted octanol–water partition coefficient (Wildman–Crippen LogP) is 4.08. The van der Waals surface area contributed by atoms with E-state index in [4.69, 9.17) is 0 Å². The van der Waals surface area contributed by atoms with Gasteiger partial charge in [-0.15, -0.1) is 0 Å². The Bertz CT molecular complexity index is 1310. The zero-order valence-electron chi connectivity index (χ0n) is 20.6. The van der Waals surface area contributed by atoms with Crippen molar-refractivity contribution in [3.05, 3.63) is 71.4 Å². The molecule has 0 bridgehead atoms. The van der Waals surface area contributed by atoms with Crippen LogP contribution >= 0.6 is 0 Å². The predicted molar refractivity (Wildman–Crippen MR) is 136 cm³/mol. The molecule has 0 atom stereocenters. The number of halogens is 3. The molecule has 1 saturated heterocycles. The molecule has 3 aliphatic rings. The van der Waals surface area contributed by atoms with Crippen LogP contribution in [-0.2, 0) is 20.8 Å². The molecule has 1 aromatic heterocycles. The molecule has 5 rings (SSSR count). The minimum atomic E-state index is -4.93. The summed E-state index contributed by atoms with van der Waals surface area (Å²) in [6.07, 6.45) is 3.24. The molecule has 198 valence electrons. The number of nitrogens with zero attached hydrogens (tertiary/aromatic N) is 3. The second kappa shape index (κ2) is 10.1. The van der Waals surface area contributed by atoms with Gasteiger partial charge in [-0.05, 0) is 60.1 Å². The van der Waals surface area contributed by atoms with Crippen LogP contribution in [0.15, 0.2) is 54.7 Å². The molecule has 7 nitrogen and oxygen atoms in total. The molecule has 0 saturated carbocycles. The number of aromatic nitrogens is 1. The van der Waals surface area contributed by atoms with Gasteiger partial charge in [-0.3, -0.25) is 14.4 Å². The Hall–Kier alpha value is -3.95. The molecule has 0 aliphatic carbocycles. The van der Waals surface area contributed by atoms with E-state index >= 15 is 0 Å². The number of hydrogen-bond donors (Lipinski definition) is 1. The van der Waals surface area contributed by atoms with E-state index in [0.29, 0.717) is 30.9 Å². The van der Waals surface area contributed by atoms with E-state index in [0.717, 1.165) is 22.4 Å². The first-order valence-electron chi connectivity index (χ1n) is 12.5. The fourth-order valence-corrected chi connectivity index (χ4v) is 5.33. The molecule has 3 aliphatic heterocycles. The number of likely N-dealkylation sites (tertiary alicyclic amines) is 1. The average molecular weight is 525 g/mol. The summed E-state index contributed by atoms with van der Waals surface area (Å²) in [5.41, 5.74) is 2.93. The molecule has 0 unspecified atom stereocenters. The number of carbonyl (C=O) groups excluding carboxylic acids is 3. The number of fused-ring (bicyclic) bond motifs is 1. The number of anilines is 1. The van der Waals surface area contributed by atoms with Gasteiger partial charge in [0, 0.05) is 38.5 Å². The van der Waals surface area contributed by atoms with Gasteiger partial charge in [-0.1, -0.05) is 36.4 Å². The third-order valence-corrected chi connectivity index (χ3v) is 7.56. The van der Waals surface area contributed by atoms with E-state index in [1.165, 1.54) is 11.6 Å². The van der Waals surface area contributed by atoms with E-state index in [2.05, 4.69) is 28.5 Å². The molecule has 2 aromatic rings. The summed E-state index contributed by atoms with van der Waals surface area (Å²) in [5.74, 6) is -1.86. The molecule has 0 radical (unpaired) electrons. The summed E-state index contributed by atoms with van der Waals surface area (Å²) in [4.78, 5) is 44.1. The number of hydrogen-bond acceptors (Lipinski definition) is 4. The van der Waals surface area contributed by atoms with Crippen LogP contribution in [0.4, 0.5) is 19.0 Å². The van der Waals surface area contributed by atoms with E-state index < -0.39 is 17.5 Å². The molecule has 10 heteroatoms. The first kappa shape index (κ1) is 25.7. The largest absolute Gasteiger partial charge is 0.471 e.